The lowest BCUT2D eigenvalue weighted by Gasteiger charge is -2.37. The first kappa shape index (κ1) is 11.6. The van der Waals surface area contributed by atoms with Crippen LogP contribution >= 0.6 is 0 Å². The Morgan fingerprint density at radius 3 is 3.06 bits per heavy atom. The first-order valence-corrected chi connectivity index (χ1v) is 6.38. The molecule has 0 spiro atoms. The Kier molecular flexibility index (Phi) is 3.33. The van der Waals surface area contributed by atoms with Gasteiger partial charge in [0.05, 0.1) is 0 Å². The van der Waals surface area contributed by atoms with E-state index in [0.29, 0.717) is 0 Å². The largest absolute Gasteiger partial charge is 0.338 e. The topological polar surface area (TPSA) is 43.8 Å². The molecule has 90 valence electrons. The van der Waals surface area contributed by atoms with Crippen LogP contribution in [0.5, 0.6) is 0 Å². The summed E-state index contributed by atoms with van der Waals surface area (Å²) in [4.78, 5) is 4.39. The van der Waals surface area contributed by atoms with Crippen molar-refractivity contribution in [3.63, 3.8) is 0 Å². The van der Waals surface area contributed by atoms with E-state index in [2.05, 4.69) is 16.5 Å². The van der Waals surface area contributed by atoms with Crippen molar-refractivity contribution in [1.29, 1.82) is 0 Å². The summed E-state index contributed by atoms with van der Waals surface area (Å²) in [5, 5.41) is 0. The van der Waals surface area contributed by atoms with Crippen molar-refractivity contribution in [3.8, 4) is 0 Å². The van der Waals surface area contributed by atoms with Crippen molar-refractivity contribution >= 4 is 0 Å². The third kappa shape index (κ3) is 2.46. The first-order chi connectivity index (χ1) is 7.63. The zero-order chi connectivity index (χ0) is 11.6. The van der Waals surface area contributed by atoms with Crippen molar-refractivity contribution < 1.29 is 0 Å². The molecule has 1 aromatic rings. The molecular formula is C13H23N3. The molecular weight excluding hydrogens is 198 g/mol. The highest BCUT2D eigenvalue weighted by molar-refractivity contribution is 5.02. The van der Waals surface area contributed by atoms with E-state index in [-0.39, 0.29) is 5.54 Å². The van der Waals surface area contributed by atoms with Gasteiger partial charge in [0.15, 0.2) is 0 Å². The lowest BCUT2D eigenvalue weighted by Crippen LogP contribution is -2.46. The smallest absolute Gasteiger partial charge is 0.110 e. The molecule has 1 fully saturated rings. The van der Waals surface area contributed by atoms with E-state index in [9.17, 15) is 0 Å². The maximum Gasteiger partial charge on any atom is 0.110 e. The minimum atomic E-state index is -0.0158. The maximum absolute atomic E-state index is 6.53. The zero-order valence-electron chi connectivity index (χ0n) is 10.4. The predicted octanol–water partition coefficient (Wildman–Crippen LogP) is 2.26. The standard InChI is InChI=1S/C13H23N3/c1-3-11-5-4-6-13(14,9-11)10-12-15-7-8-16(12)2/h7-8,11H,3-6,9-10,14H2,1-2H3. The fourth-order valence-electron chi connectivity index (χ4n) is 2.91. The molecule has 0 saturated heterocycles. The molecule has 0 bridgehead atoms. The first-order valence-electron chi connectivity index (χ1n) is 6.38. The summed E-state index contributed by atoms with van der Waals surface area (Å²) in [7, 11) is 2.05. The van der Waals surface area contributed by atoms with Gasteiger partial charge >= 0.3 is 0 Å². The fourth-order valence-corrected chi connectivity index (χ4v) is 2.91. The second-order valence-corrected chi connectivity index (χ2v) is 5.36. The van der Waals surface area contributed by atoms with Crippen LogP contribution in [-0.4, -0.2) is 15.1 Å². The Morgan fingerprint density at radius 2 is 2.44 bits per heavy atom. The molecule has 2 rings (SSSR count). The van der Waals surface area contributed by atoms with Gasteiger partial charge in [0.25, 0.3) is 0 Å². The number of nitrogens with zero attached hydrogens (tertiary/aromatic N) is 2. The fraction of sp³-hybridized carbons (Fsp3) is 0.769. The highest BCUT2D eigenvalue weighted by Gasteiger charge is 2.33. The van der Waals surface area contributed by atoms with Crippen LogP contribution in [0.2, 0.25) is 0 Å². The van der Waals surface area contributed by atoms with Gasteiger partial charge in [-0.25, -0.2) is 4.98 Å². The molecule has 3 heteroatoms. The van der Waals surface area contributed by atoms with Crippen LogP contribution in [0.25, 0.3) is 0 Å². The van der Waals surface area contributed by atoms with Crippen molar-refractivity contribution in [3.05, 3.63) is 18.2 Å². The van der Waals surface area contributed by atoms with Gasteiger partial charge in [-0.05, 0) is 18.8 Å². The number of aryl methyl sites for hydroxylation is 1. The molecule has 1 aliphatic rings. The van der Waals surface area contributed by atoms with E-state index >= 15 is 0 Å². The Labute approximate surface area is 98.1 Å². The number of hydrogen-bond acceptors (Lipinski definition) is 2. The van der Waals surface area contributed by atoms with E-state index < -0.39 is 0 Å². The molecule has 1 aromatic heterocycles. The quantitative estimate of drug-likeness (QED) is 0.851. The van der Waals surface area contributed by atoms with Gasteiger partial charge in [0, 0.05) is 31.4 Å². The Bertz CT molecular complexity index is 345. The van der Waals surface area contributed by atoms with Gasteiger partial charge < -0.3 is 10.3 Å². The molecule has 2 atom stereocenters. The summed E-state index contributed by atoms with van der Waals surface area (Å²) < 4.78 is 2.09. The van der Waals surface area contributed by atoms with Gasteiger partial charge in [-0.3, -0.25) is 0 Å². The predicted molar refractivity (Wildman–Crippen MR) is 66.1 cm³/mol. The monoisotopic (exact) mass is 221 g/mol. The number of imidazole rings is 1. The average Bonchev–Trinajstić information content (AvgIpc) is 2.64. The van der Waals surface area contributed by atoms with Crippen molar-refractivity contribution in [2.24, 2.45) is 18.7 Å². The molecule has 1 saturated carbocycles. The van der Waals surface area contributed by atoms with E-state index in [1.165, 1.54) is 19.3 Å². The van der Waals surface area contributed by atoms with Crippen LogP contribution in [0.1, 0.15) is 44.9 Å². The van der Waals surface area contributed by atoms with Crippen LogP contribution in [0.4, 0.5) is 0 Å². The molecule has 1 heterocycles. The molecule has 3 nitrogen and oxygen atoms in total. The van der Waals surface area contributed by atoms with Gasteiger partial charge in [-0.2, -0.15) is 0 Å². The number of rotatable bonds is 3. The van der Waals surface area contributed by atoms with Crippen LogP contribution < -0.4 is 5.73 Å². The zero-order valence-corrected chi connectivity index (χ0v) is 10.4. The maximum atomic E-state index is 6.53. The lowest BCUT2D eigenvalue weighted by atomic mass is 9.73. The van der Waals surface area contributed by atoms with E-state index in [1.807, 2.05) is 19.4 Å². The van der Waals surface area contributed by atoms with Crippen LogP contribution in [0.3, 0.4) is 0 Å². The Morgan fingerprint density at radius 1 is 1.62 bits per heavy atom. The van der Waals surface area contributed by atoms with Crippen molar-refractivity contribution in [2.45, 2.75) is 51.0 Å². The van der Waals surface area contributed by atoms with Gasteiger partial charge in [-0.1, -0.05) is 26.2 Å². The number of hydrogen-bond donors (Lipinski definition) is 1. The molecule has 0 aliphatic heterocycles. The lowest BCUT2D eigenvalue weighted by molar-refractivity contribution is 0.215. The summed E-state index contributed by atoms with van der Waals surface area (Å²) in [6.07, 6.45) is 11.0. The Balaban J connectivity index is 2.05. The molecule has 1 aliphatic carbocycles. The van der Waals surface area contributed by atoms with E-state index in [0.717, 1.165) is 31.0 Å². The van der Waals surface area contributed by atoms with E-state index in [1.54, 1.807) is 0 Å². The molecule has 0 radical (unpaired) electrons. The molecule has 2 unspecified atom stereocenters. The third-order valence-electron chi connectivity index (χ3n) is 3.99. The number of nitrogens with two attached hydrogens (primary N) is 1. The summed E-state index contributed by atoms with van der Waals surface area (Å²) in [5.74, 6) is 1.94. The van der Waals surface area contributed by atoms with Crippen LogP contribution in [0.15, 0.2) is 12.4 Å². The molecule has 0 aromatic carbocycles. The van der Waals surface area contributed by atoms with Crippen LogP contribution in [-0.2, 0) is 13.5 Å². The molecule has 0 amide bonds. The van der Waals surface area contributed by atoms with Crippen molar-refractivity contribution in [2.75, 3.05) is 0 Å². The number of aromatic nitrogens is 2. The van der Waals surface area contributed by atoms with Gasteiger partial charge in [0.1, 0.15) is 5.82 Å². The summed E-state index contributed by atoms with van der Waals surface area (Å²) in [5.41, 5.74) is 6.52. The third-order valence-corrected chi connectivity index (χ3v) is 3.99. The van der Waals surface area contributed by atoms with E-state index in [4.69, 9.17) is 5.73 Å². The summed E-state index contributed by atoms with van der Waals surface area (Å²) in [6.45, 7) is 2.27. The summed E-state index contributed by atoms with van der Waals surface area (Å²) in [6, 6.07) is 0. The Hall–Kier alpha value is -0.830. The van der Waals surface area contributed by atoms with Crippen LogP contribution in [0, 0.1) is 5.92 Å². The highest BCUT2D eigenvalue weighted by atomic mass is 15.0. The van der Waals surface area contributed by atoms with Gasteiger partial charge in [0.2, 0.25) is 0 Å². The average molecular weight is 221 g/mol. The SMILES string of the molecule is CCC1CCCC(N)(Cc2nccn2C)C1. The second kappa shape index (κ2) is 4.58. The summed E-state index contributed by atoms with van der Waals surface area (Å²) >= 11 is 0. The minimum Gasteiger partial charge on any atom is -0.338 e. The van der Waals surface area contributed by atoms with Gasteiger partial charge in [-0.15, -0.1) is 0 Å². The minimum absolute atomic E-state index is 0.0158. The highest BCUT2D eigenvalue weighted by Crippen LogP contribution is 2.34. The molecule has 16 heavy (non-hydrogen) atoms. The molecule has 2 N–H and O–H groups in total. The normalized spacial score (nSPS) is 30.6. The second-order valence-electron chi connectivity index (χ2n) is 5.36. The van der Waals surface area contributed by atoms with Crippen molar-refractivity contribution in [1.82, 2.24) is 9.55 Å².